The van der Waals surface area contributed by atoms with Crippen LogP contribution in [0.1, 0.15) is 47.0 Å². The van der Waals surface area contributed by atoms with Crippen LogP contribution < -0.4 is 0 Å². The first-order valence-corrected chi connectivity index (χ1v) is 8.16. The van der Waals surface area contributed by atoms with Gasteiger partial charge in [-0.25, -0.2) is 0 Å². The van der Waals surface area contributed by atoms with Gasteiger partial charge in [-0.15, -0.1) is 0 Å². The summed E-state index contributed by atoms with van der Waals surface area (Å²) < 4.78 is 10.2. The lowest BCUT2D eigenvalue weighted by atomic mass is 9.80. The van der Waals surface area contributed by atoms with Crippen molar-refractivity contribution in [3.05, 3.63) is 0 Å². The fraction of sp³-hybridized carbons (Fsp3) is 0.857. The van der Waals surface area contributed by atoms with E-state index >= 15 is 0 Å². The van der Waals surface area contributed by atoms with Crippen LogP contribution in [0.4, 0.5) is 0 Å². The van der Waals surface area contributed by atoms with Gasteiger partial charge in [-0.3, -0.25) is 9.59 Å². The number of carbonyl (C=O) groups is 2. The molecule has 0 rings (SSSR count). The van der Waals surface area contributed by atoms with E-state index in [9.17, 15) is 9.59 Å². The van der Waals surface area contributed by atoms with Gasteiger partial charge in [0, 0.05) is 0 Å². The monoisotopic (exact) mass is 290 g/mol. The Hall–Kier alpha value is -0.710. The summed E-state index contributed by atoms with van der Waals surface area (Å²) in [6, 6.07) is 0. The molecule has 0 amide bonds. The maximum atomic E-state index is 12.1. The Balaban J connectivity index is 4.84. The third-order valence-corrected chi connectivity index (χ3v) is 4.02. The van der Waals surface area contributed by atoms with E-state index in [-0.39, 0.29) is 13.2 Å². The molecule has 0 aromatic rings. The fourth-order valence-corrected chi connectivity index (χ4v) is 2.55. The van der Waals surface area contributed by atoms with Gasteiger partial charge >= 0.3 is 11.9 Å². The van der Waals surface area contributed by atoms with Crippen LogP contribution >= 0.6 is 11.8 Å². The maximum Gasteiger partial charge on any atom is 0.323 e. The number of esters is 2. The van der Waals surface area contributed by atoms with Crippen LogP contribution in [0.2, 0.25) is 0 Å². The summed E-state index contributed by atoms with van der Waals surface area (Å²) in [5, 5.41) is 0. The van der Waals surface area contributed by atoms with Gasteiger partial charge in [0.25, 0.3) is 0 Å². The molecule has 0 aliphatic rings. The predicted octanol–water partition coefficient (Wildman–Crippen LogP) is 3.04. The molecule has 0 spiro atoms. The Morgan fingerprint density at radius 2 is 1.53 bits per heavy atom. The van der Waals surface area contributed by atoms with Crippen molar-refractivity contribution in [2.75, 3.05) is 24.7 Å². The Morgan fingerprint density at radius 1 is 1.00 bits per heavy atom. The zero-order valence-electron chi connectivity index (χ0n) is 12.5. The van der Waals surface area contributed by atoms with Gasteiger partial charge in [0.05, 0.1) is 13.2 Å². The van der Waals surface area contributed by atoms with Crippen molar-refractivity contribution in [3.63, 3.8) is 0 Å². The minimum atomic E-state index is -1.12. The summed E-state index contributed by atoms with van der Waals surface area (Å²) in [5.41, 5.74) is -1.12. The summed E-state index contributed by atoms with van der Waals surface area (Å²) in [6.45, 7) is 7.98. The third-order valence-electron chi connectivity index (χ3n) is 3.03. The van der Waals surface area contributed by atoms with E-state index in [2.05, 4.69) is 6.92 Å². The molecule has 4 nitrogen and oxygen atoms in total. The first kappa shape index (κ1) is 18.3. The van der Waals surface area contributed by atoms with Gasteiger partial charge in [0.15, 0.2) is 5.41 Å². The van der Waals surface area contributed by atoms with Gasteiger partial charge in [-0.05, 0) is 44.6 Å². The highest BCUT2D eigenvalue weighted by atomic mass is 32.2. The maximum absolute atomic E-state index is 12.1. The highest BCUT2D eigenvalue weighted by Crippen LogP contribution is 2.32. The molecule has 5 heteroatoms. The lowest BCUT2D eigenvalue weighted by Crippen LogP contribution is -2.41. The highest BCUT2D eigenvalue weighted by molar-refractivity contribution is 7.99. The average Bonchev–Trinajstić information content (AvgIpc) is 2.40. The molecule has 0 radical (unpaired) electrons. The summed E-state index contributed by atoms with van der Waals surface area (Å²) in [4.78, 5) is 24.3. The molecular weight excluding hydrogens is 264 g/mol. The largest absolute Gasteiger partial charge is 0.465 e. The van der Waals surface area contributed by atoms with Crippen molar-refractivity contribution in [2.24, 2.45) is 5.41 Å². The second-order valence-corrected chi connectivity index (χ2v) is 5.57. The van der Waals surface area contributed by atoms with E-state index in [1.165, 1.54) is 0 Å². The number of rotatable bonds is 10. The van der Waals surface area contributed by atoms with Gasteiger partial charge in [-0.2, -0.15) is 11.8 Å². The number of hydrogen-bond donors (Lipinski definition) is 0. The van der Waals surface area contributed by atoms with E-state index in [4.69, 9.17) is 9.47 Å². The zero-order chi connectivity index (χ0) is 14.7. The number of hydrogen-bond acceptors (Lipinski definition) is 5. The van der Waals surface area contributed by atoms with Crippen molar-refractivity contribution in [2.45, 2.75) is 47.0 Å². The standard InChI is InChI=1S/C14H26O4S/c1-5-14(12(15)17-6-2,13(16)18-7-3)10-9-11-19-8-4/h5-11H2,1-4H3. The second kappa shape index (κ2) is 10.1. The van der Waals surface area contributed by atoms with E-state index in [1.54, 1.807) is 25.6 Å². The summed E-state index contributed by atoms with van der Waals surface area (Å²) in [7, 11) is 0. The summed E-state index contributed by atoms with van der Waals surface area (Å²) in [5.74, 6) is 1.09. The minimum Gasteiger partial charge on any atom is -0.465 e. The lowest BCUT2D eigenvalue weighted by Gasteiger charge is -2.27. The molecule has 0 bridgehead atoms. The van der Waals surface area contributed by atoms with E-state index < -0.39 is 17.4 Å². The molecule has 0 N–H and O–H groups in total. The molecule has 0 aliphatic carbocycles. The fourth-order valence-electron chi connectivity index (χ4n) is 1.91. The Morgan fingerprint density at radius 3 is 1.89 bits per heavy atom. The van der Waals surface area contributed by atoms with Crippen molar-refractivity contribution < 1.29 is 19.1 Å². The van der Waals surface area contributed by atoms with Crippen LogP contribution in [0.3, 0.4) is 0 Å². The Bertz CT molecular complexity index is 261. The van der Waals surface area contributed by atoms with Crippen LogP contribution in [0, 0.1) is 5.41 Å². The Labute approximate surface area is 120 Å². The normalized spacial score (nSPS) is 11.2. The molecule has 0 heterocycles. The zero-order valence-corrected chi connectivity index (χ0v) is 13.3. The van der Waals surface area contributed by atoms with Gasteiger partial charge in [0.1, 0.15) is 0 Å². The first-order valence-electron chi connectivity index (χ1n) is 7.01. The highest BCUT2D eigenvalue weighted by Gasteiger charge is 2.46. The number of thioether (sulfide) groups is 1. The van der Waals surface area contributed by atoms with Gasteiger partial charge in [0.2, 0.25) is 0 Å². The first-order chi connectivity index (χ1) is 9.08. The van der Waals surface area contributed by atoms with Crippen molar-refractivity contribution in [1.29, 1.82) is 0 Å². The van der Waals surface area contributed by atoms with Crippen LogP contribution in [0.25, 0.3) is 0 Å². The van der Waals surface area contributed by atoms with E-state index in [0.29, 0.717) is 12.8 Å². The van der Waals surface area contributed by atoms with Crippen molar-refractivity contribution in [1.82, 2.24) is 0 Å². The molecule has 0 aliphatic heterocycles. The van der Waals surface area contributed by atoms with Crippen molar-refractivity contribution in [3.8, 4) is 0 Å². The summed E-state index contributed by atoms with van der Waals surface area (Å²) in [6.07, 6.45) is 1.72. The molecule has 0 aromatic carbocycles. The summed E-state index contributed by atoms with van der Waals surface area (Å²) >= 11 is 1.81. The molecule has 112 valence electrons. The van der Waals surface area contributed by atoms with Crippen LogP contribution in [0.5, 0.6) is 0 Å². The van der Waals surface area contributed by atoms with Gasteiger partial charge in [-0.1, -0.05) is 13.8 Å². The van der Waals surface area contributed by atoms with Crippen LogP contribution in [0.15, 0.2) is 0 Å². The molecule has 0 atom stereocenters. The molecule has 0 unspecified atom stereocenters. The lowest BCUT2D eigenvalue weighted by molar-refractivity contribution is -0.173. The second-order valence-electron chi connectivity index (χ2n) is 4.18. The quantitative estimate of drug-likeness (QED) is 0.352. The van der Waals surface area contributed by atoms with Crippen LogP contribution in [-0.2, 0) is 19.1 Å². The Kier molecular flexibility index (Phi) is 9.74. The third kappa shape index (κ3) is 5.43. The molecule has 0 saturated carbocycles. The topological polar surface area (TPSA) is 52.6 Å². The average molecular weight is 290 g/mol. The minimum absolute atomic E-state index is 0.281. The molecule has 0 aromatic heterocycles. The smallest absolute Gasteiger partial charge is 0.323 e. The van der Waals surface area contributed by atoms with Crippen LogP contribution in [-0.4, -0.2) is 36.7 Å². The number of carbonyl (C=O) groups excluding carboxylic acids is 2. The van der Waals surface area contributed by atoms with E-state index in [0.717, 1.165) is 17.9 Å². The number of ether oxygens (including phenoxy) is 2. The molecule has 0 fully saturated rings. The predicted molar refractivity (Wildman–Crippen MR) is 78.2 cm³/mol. The van der Waals surface area contributed by atoms with Crippen molar-refractivity contribution >= 4 is 23.7 Å². The molecule has 0 saturated heterocycles. The van der Waals surface area contributed by atoms with E-state index in [1.807, 2.05) is 6.92 Å². The molecule has 19 heavy (non-hydrogen) atoms. The SMILES string of the molecule is CCOC(=O)C(CC)(CCCSCC)C(=O)OCC. The van der Waals surface area contributed by atoms with Gasteiger partial charge < -0.3 is 9.47 Å². The molecular formula is C14H26O4S.